The molecule has 1 saturated carbocycles. The minimum Gasteiger partial charge on any atom is -0.456 e. The maximum Gasteiger partial charge on any atom is 0.336 e. The van der Waals surface area contributed by atoms with Gasteiger partial charge in [-0.15, -0.1) is 10.2 Å². The van der Waals surface area contributed by atoms with E-state index in [0.717, 1.165) is 49.1 Å². The smallest absolute Gasteiger partial charge is 0.336 e. The molecular weight excluding hydrogens is 412 g/mol. The molecule has 170 valence electrons. The van der Waals surface area contributed by atoms with Crippen LogP contribution >= 0.6 is 0 Å². The minimum absolute atomic E-state index is 0.148. The Hall–Kier alpha value is -3.21. The zero-order chi connectivity index (χ0) is 22.7. The van der Waals surface area contributed by atoms with Crippen molar-refractivity contribution in [1.82, 2.24) is 20.4 Å². The number of nitrogens with one attached hydrogen (secondary N) is 3. The van der Waals surface area contributed by atoms with Gasteiger partial charge in [-0.2, -0.15) is 10.6 Å². The van der Waals surface area contributed by atoms with Crippen molar-refractivity contribution in [2.45, 2.75) is 58.5 Å². The summed E-state index contributed by atoms with van der Waals surface area (Å²) in [4.78, 5) is 26.7. The molecule has 11 nitrogen and oxygen atoms in total. The van der Waals surface area contributed by atoms with Crippen LogP contribution in [-0.2, 0) is 20.9 Å². The summed E-state index contributed by atoms with van der Waals surface area (Å²) in [6.07, 6.45) is 5.66. The van der Waals surface area contributed by atoms with Crippen molar-refractivity contribution in [3.05, 3.63) is 28.6 Å². The minimum atomic E-state index is -0.319. The molecule has 3 heterocycles. The highest BCUT2D eigenvalue weighted by Gasteiger charge is 2.50. The van der Waals surface area contributed by atoms with Crippen molar-refractivity contribution in [1.29, 1.82) is 5.53 Å². The maximum atomic E-state index is 13.2. The third-order valence-electron chi connectivity index (χ3n) is 6.78. The average Bonchev–Trinajstić information content (AvgIpc) is 3.28. The number of cyclic esters (lactones) is 1. The molecule has 1 spiro atoms. The third-order valence-corrected chi connectivity index (χ3v) is 6.78. The molecular formula is C21H28N8O3. The number of carbonyl (C=O) groups excluding carboxylic acids is 2. The second-order valence-corrected chi connectivity index (χ2v) is 8.65. The zero-order valence-electron chi connectivity index (χ0n) is 18.3. The van der Waals surface area contributed by atoms with Crippen LogP contribution in [0.5, 0.6) is 0 Å². The van der Waals surface area contributed by atoms with E-state index >= 15 is 0 Å². The topological polar surface area (TPSA) is 145 Å². The first-order chi connectivity index (χ1) is 15.4. The Morgan fingerprint density at radius 2 is 2.06 bits per heavy atom. The molecule has 3 aliphatic rings. The Morgan fingerprint density at radius 3 is 2.72 bits per heavy atom. The number of aryl methyl sites for hydroxylation is 1. The van der Waals surface area contributed by atoms with Gasteiger partial charge in [0.05, 0.1) is 22.4 Å². The highest BCUT2D eigenvalue weighted by molar-refractivity contribution is 5.94. The van der Waals surface area contributed by atoms with Crippen LogP contribution in [0, 0.1) is 17.9 Å². The van der Waals surface area contributed by atoms with Crippen LogP contribution in [0.15, 0.2) is 27.7 Å². The van der Waals surface area contributed by atoms with Gasteiger partial charge in [0.2, 0.25) is 5.91 Å². The van der Waals surface area contributed by atoms with Crippen LogP contribution in [0.3, 0.4) is 0 Å². The number of anilines is 1. The zero-order valence-corrected chi connectivity index (χ0v) is 18.3. The fourth-order valence-corrected chi connectivity index (χ4v) is 4.80. The molecule has 2 fully saturated rings. The Kier molecular flexibility index (Phi) is 6.26. The highest BCUT2D eigenvalue weighted by Crippen LogP contribution is 2.46. The number of esters is 1. The Balaban J connectivity index is 1.30. The van der Waals surface area contributed by atoms with Crippen molar-refractivity contribution in [2.75, 3.05) is 18.5 Å². The monoisotopic (exact) mass is 440 g/mol. The number of nitrogens with zero attached hydrogens (tertiary/aromatic N) is 5. The van der Waals surface area contributed by atoms with Crippen LogP contribution < -0.4 is 10.6 Å². The lowest BCUT2D eigenvalue weighted by Crippen LogP contribution is -2.42. The lowest BCUT2D eigenvalue weighted by molar-refractivity contribution is -0.138. The van der Waals surface area contributed by atoms with Crippen molar-refractivity contribution in [2.24, 2.45) is 15.7 Å². The molecule has 0 unspecified atom stereocenters. The van der Waals surface area contributed by atoms with Gasteiger partial charge in [0.25, 0.3) is 0 Å². The van der Waals surface area contributed by atoms with E-state index in [9.17, 15) is 9.59 Å². The Morgan fingerprint density at radius 1 is 1.28 bits per heavy atom. The Labute approximate surface area is 186 Å². The first kappa shape index (κ1) is 22.0. The molecule has 3 N–H and O–H groups in total. The maximum absolute atomic E-state index is 13.2. The van der Waals surface area contributed by atoms with Gasteiger partial charge in [-0.25, -0.2) is 4.79 Å². The molecule has 32 heavy (non-hydrogen) atoms. The molecule has 0 atom stereocenters. The van der Waals surface area contributed by atoms with E-state index in [1.54, 1.807) is 11.8 Å². The van der Waals surface area contributed by atoms with Crippen LogP contribution in [0.2, 0.25) is 0 Å². The van der Waals surface area contributed by atoms with Gasteiger partial charge in [-0.05, 0) is 57.6 Å². The second-order valence-electron chi connectivity index (χ2n) is 8.65. The fourth-order valence-electron chi connectivity index (χ4n) is 4.80. The van der Waals surface area contributed by atoms with Gasteiger partial charge in [-0.3, -0.25) is 4.79 Å². The molecule has 1 aliphatic carbocycles. The highest BCUT2D eigenvalue weighted by atomic mass is 16.5. The molecule has 1 aromatic heterocycles. The molecule has 0 aromatic carbocycles. The van der Waals surface area contributed by atoms with Gasteiger partial charge in [-0.1, -0.05) is 5.22 Å². The first-order valence-electron chi connectivity index (χ1n) is 10.8. The number of aromatic nitrogens is 2. The van der Waals surface area contributed by atoms with Gasteiger partial charge >= 0.3 is 5.97 Å². The lowest BCUT2D eigenvalue weighted by Gasteiger charge is -2.36. The molecule has 1 amide bonds. The number of amides is 1. The number of likely N-dealkylation sites (tertiary alicyclic amines) is 1. The van der Waals surface area contributed by atoms with Crippen LogP contribution in [0.4, 0.5) is 5.82 Å². The average molecular weight is 441 g/mol. The quantitative estimate of drug-likeness (QED) is 0.194. The summed E-state index contributed by atoms with van der Waals surface area (Å²) in [6, 6.07) is 2.28. The summed E-state index contributed by atoms with van der Waals surface area (Å²) in [5.41, 5.74) is 9.39. The molecule has 0 bridgehead atoms. The van der Waals surface area contributed by atoms with E-state index in [-0.39, 0.29) is 23.9 Å². The normalized spacial score (nSPS) is 25.8. The van der Waals surface area contributed by atoms with Gasteiger partial charge in [0, 0.05) is 19.1 Å². The summed E-state index contributed by atoms with van der Waals surface area (Å²) >= 11 is 0. The molecule has 2 aliphatic heterocycles. The number of rotatable bonds is 7. The number of ether oxygens (including phenoxy) is 1. The van der Waals surface area contributed by atoms with Crippen LogP contribution in [0.25, 0.3) is 0 Å². The predicted molar refractivity (Wildman–Crippen MR) is 116 cm³/mol. The molecule has 1 aromatic rings. The number of hydrogen-bond acceptors (Lipinski definition) is 8. The van der Waals surface area contributed by atoms with E-state index < -0.39 is 0 Å². The molecule has 0 radical (unpaired) electrons. The second kappa shape index (κ2) is 9.11. The Bertz CT molecular complexity index is 981. The predicted octanol–water partition coefficient (Wildman–Crippen LogP) is 2.25. The van der Waals surface area contributed by atoms with E-state index in [4.69, 9.17) is 10.3 Å². The number of hydrogen-bond donors (Lipinski definition) is 3. The summed E-state index contributed by atoms with van der Waals surface area (Å²) in [5, 5.41) is 21.1. The van der Waals surface area contributed by atoms with Crippen LogP contribution in [0.1, 0.15) is 50.3 Å². The van der Waals surface area contributed by atoms with Crippen molar-refractivity contribution >= 4 is 24.0 Å². The van der Waals surface area contributed by atoms with Gasteiger partial charge < -0.3 is 20.3 Å². The SMILES string of the molecule is CC1=C(N2CC[C@]3(CC[C@@H](NCc4cc(C)c(N/C=N\N=N)nn4)CC3)C2=O)COC1=O. The van der Waals surface area contributed by atoms with Crippen molar-refractivity contribution in [3.8, 4) is 0 Å². The lowest BCUT2D eigenvalue weighted by atomic mass is 9.71. The first-order valence-corrected chi connectivity index (χ1v) is 10.8. The number of carbonyl (C=O) groups is 2. The fraction of sp³-hybridized carbons (Fsp3) is 0.571. The third kappa shape index (κ3) is 4.24. The largest absolute Gasteiger partial charge is 0.456 e. The van der Waals surface area contributed by atoms with E-state index in [1.165, 1.54) is 6.34 Å². The summed E-state index contributed by atoms with van der Waals surface area (Å²) in [5.74, 6) is 0.403. The molecule has 1 saturated heterocycles. The van der Waals surface area contributed by atoms with Gasteiger partial charge in [0.1, 0.15) is 12.9 Å². The van der Waals surface area contributed by atoms with E-state index in [1.807, 2.05) is 13.0 Å². The van der Waals surface area contributed by atoms with Crippen LogP contribution in [-0.4, -0.2) is 52.5 Å². The summed E-state index contributed by atoms with van der Waals surface area (Å²) in [7, 11) is 0. The van der Waals surface area contributed by atoms with E-state index in [2.05, 4.69) is 31.2 Å². The molecule has 11 heteroatoms. The molecule has 4 rings (SSSR count). The van der Waals surface area contributed by atoms with Crippen molar-refractivity contribution < 1.29 is 14.3 Å². The van der Waals surface area contributed by atoms with E-state index in [0.29, 0.717) is 30.5 Å². The van der Waals surface area contributed by atoms with Gasteiger partial charge in [0.15, 0.2) is 5.82 Å². The summed E-state index contributed by atoms with van der Waals surface area (Å²) in [6.45, 7) is 5.13. The summed E-state index contributed by atoms with van der Waals surface area (Å²) < 4.78 is 5.10. The standard InChI is InChI=1S/C21H28N8O3/c1-13-9-16(26-27-18(13)24-12-25-28-22)10-23-15-3-5-21(6-4-15)7-8-29(20(21)31)17-11-32-19(30)14(17)2/h9,12,15,23H,3-8,10-11H2,1-2H3,(H2,22,24,25,27)/t15-,21-. The van der Waals surface area contributed by atoms with Crippen molar-refractivity contribution in [3.63, 3.8) is 0 Å².